The van der Waals surface area contributed by atoms with E-state index in [1.54, 1.807) is 35.4 Å². The van der Waals surface area contributed by atoms with Crippen molar-refractivity contribution in [2.45, 2.75) is 18.9 Å². The van der Waals surface area contributed by atoms with E-state index in [0.29, 0.717) is 12.2 Å². The zero-order valence-electron chi connectivity index (χ0n) is 11.4. The Labute approximate surface area is 121 Å². The zero-order valence-corrected chi connectivity index (χ0v) is 11.4. The van der Waals surface area contributed by atoms with E-state index in [2.05, 4.69) is 5.10 Å². The summed E-state index contributed by atoms with van der Waals surface area (Å²) < 4.78 is 15.1. The van der Waals surface area contributed by atoms with Gasteiger partial charge in [-0.05, 0) is 31.0 Å². The molecule has 0 bridgehead atoms. The van der Waals surface area contributed by atoms with Gasteiger partial charge in [0.15, 0.2) is 5.69 Å². The molecule has 2 aromatic rings. The van der Waals surface area contributed by atoms with Crippen molar-refractivity contribution in [2.75, 3.05) is 13.2 Å². The SMILES string of the molecule is O=C(c1ccn(-c2ccccc2F)n1)N1CCC[C@H]1CO. The van der Waals surface area contributed by atoms with E-state index in [-0.39, 0.29) is 24.2 Å². The van der Waals surface area contributed by atoms with Crippen molar-refractivity contribution in [3.8, 4) is 5.69 Å². The van der Waals surface area contributed by atoms with Gasteiger partial charge in [-0.15, -0.1) is 0 Å². The summed E-state index contributed by atoms with van der Waals surface area (Å²) in [5, 5.41) is 13.4. The second kappa shape index (κ2) is 5.65. The minimum atomic E-state index is -0.394. The van der Waals surface area contributed by atoms with E-state index < -0.39 is 5.82 Å². The smallest absolute Gasteiger partial charge is 0.274 e. The molecule has 5 nitrogen and oxygen atoms in total. The van der Waals surface area contributed by atoms with E-state index in [0.717, 1.165) is 12.8 Å². The van der Waals surface area contributed by atoms with Crippen LogP contribution in [-0.4, -0.2) is 44.9 Å². The van der Waals surface area contributed by atoms with Crippen LogP contribution in [-0.2, 0) is 0 Å². The van der Waals surface area contributed by atoms with Crippen molar-refractivity contribution in [3.05, 3.63) is 48.0 Å². The third-order valence-electron chi connectivity index (χ3n) is 3.76. The van der Waals surface area contributed by atoms with Crippen LogP contribution in [0.25, 0.3) is 5.69 Å². The fourth-order valence-electron chi connectivity index (χ4n) is 2.65. The van der Waals surface area contributed by atoms with E-state index in [1.807, 2.05) is 0 Å². The summed E-state index contributed by atoms with van der Waals surface area (Å²) in [5.41, 5.74) is 0.565. The van der Waals surface area contributed by atoms with Gasteiger partial charge in [-0.25, -0.2) is 9.07 Å². The summed E-state index contributed by atoms with van der Waals surface area (Å²) in [5.74, 6) is -0.615. The highest BCUT2D eigenvalue weighted by molar-refractivity contribution is 5.92. The molecule has 0 spiro atoms. The van der Waals surface area contributed by atoms with Crippen molar-refractivity contribution in [3.63, 3.8) is 0 Å². The molecule has 1 fully saturated rings. The Hall–Kier alpha value is -2.21. The molecule has 0 radical (unpaired) electrons. The number of amides is 1. The minimum absolute atomic E-state index is 0.0419. The normalized spacial score (nSPS) is 18.2. The van der Waals surface area contributed by atoms with Gasteiger partial charge in [0.25, 0.3) is 5.91 Å². The topological polar surface area (TPSA) is 58.4 Å². The number of benzene rings is 1. The number of hydrogen-bond acceptors (Lipinski definition) is 3. The van der Waals surface area contributed by atoms with Crippen LogP contribution in [0.4, 0.5) is 4.39 Å². The molecule has 2 heterocycles. The van der Waals surface area contributed by atoms with Gasteiger partial charge in [0.2, 0.25) is 0 Å². The van der Waals surface area contributed by atoms with Crippen LogP contribution in [0.15, 0.2) is 36.5 Å². The number of para-hydroxylation sites is 1. The summed E-state index contributed by atoms with van der Waals surface area (Å²) in [7, 11) is 0. The van der Waals surface area contributed by atoms with Crippen molar-refractivity contribution < 1.29 is 14.3 Å². The lowest BCUT2D eigenvalue weighted by Gasteiger charge is -2.21. The number of aromatic nitrogens is 2. The lowest BCUT2D eigenvalue weighted by molar-refractivity contribution is 0.0671. The number of halogens is 1. The van der Waals surface area contributed by atoms with Crippen LogP contribution in [0, 0.1) is 5.82 Å². The van der Waals surface area contributed by atoms with Crippen molar-refractivity contribution >= 4 is 5.91 Å². The largest absolute Gasteiger partial charge is 0.394 e. The highest BCUT2D eigenvalue weighted by Crippen LogP contribution is 2.20. The predicted molar refractivity (Wildman–Crippen MR) is 74.7 cm³/mol. The summed E-state index contributed by atoms with van der Waals surface area (Å²) in [6.45, 7) is 0.580. The first-order chi connectivity index (χ1) is 10.2. The van der Waals surface area contributed by atoms with E-state index >= 15 is 0 Å². The van der Waals surface area contributed by atoms with Gasteiger partial charge in [0.05, 0.1) is 12.6 Å². The average molecular weight is 289 g/mol. The predicted octanol–water partition coefficient (Wildman–Crippen LogP) is 1.61. The molecule has 1 aromatic carbocycles. The van der Waals surface area contributed by atoms with Crippen LogP contribution in [0.5, 0.6) is 0 Å². The van der Waals surface area contributed by atoms with E-state index in [1.165, 1.54) is 10.7 Å². The van der Waals surface area contributed by atoms with E-state index in [9.17, 15) is 14.3 Å². The Morgan fingerprint density at radius 1 is 1.38 bits per heavy atom. The van der Waals surface area contributed by atoms with Crippen LogP contribution in [0.1, 0.15) is 23.3 Å². The Kier molecular flexibility index (Phi) is 3.70. The van der Waals surface area contributed by atoms with Gasteiger partial charge in [-0.1, -0.05) is 12.1 Å². The molecule has 1 aliphatic rings. The highest BCUT2D eigenvalue weighted by Gasteiger charge is 2.30. The number of hydrogen-bond donors (Lipinski definition) is 1. The lowest BCUT2D eigenvalue weighted by Crippen LogP contribution is -2.37. The minimum Gasteiger partial charge on any atom is -0.394 e. The maximum absolute atomic E-state index is 13.7. The fraction of sp³-hybridized carbons (Fsp3) is 0.333. The van der Waals surface area contributed by atoms with Crippen molar-refractivity contribution in [2.24, 2.45) is 0 Å². The van der Waals surface area contributed by atoms with Gasteiger partial charge in [0.1, 0.15) is 11.5 Å². The number of likely N-dealkylation sites (tertiary alicyclic amines) is 1. The van der Waals surface area contributed by atoms with Crippen LogP contribution in [0.3, 0.4) is 0 Å². The first-order valence-electron chi connectivity index (χ1n) is 6.93. The number of rotatable bonds is 3. The second-order valence-corrected chi connectivity index (χ2v) is 5.07. The monoisotopic (exact) mass is 289 g/mol. The Morgan fingerprint density at radius 3 is 2.95 bits per heavy atom. The van der Waals surface area contributed by atoms with Crippen molar-refractivity contribution in [1.29, 1.82) is 0 Å². The van der Waals surface area contributed by atoms with Crippen molar-refractivity contribution in [1.82, 2.24) is 14.7 Å². The molecule has 3 rings (SSSR count). The van der Waals surface area contributed by atoms with Gasteiger partial charge in [0, 0.05) is 12.7 Å². The Balaban J connectivity index is 1.85. The van der Waals surface area contributed by atoms with Gasteiger partial charge in [-0.2, -0.15) is 5.10 Å². The quantitative estimate of drug-likeness (QED) is 0.934. The molecule has 110 valence electrons. The van der Waals surface area contributed by atoms with E-state index in [4.69, 9.17) is 0 Å². The van der Waals surface area contributed by atoms with Gasteiger partial charge in [-0.3, -0.25) is 4.79 Å². The fourth-order valence-corrected chi connectivity index (χ4v) is 2.65. The average Bonchev–Trinajstić information content (AvgIpc) is 3.16. The first-order valence-corrected chi connectivity index (χ1v) is 6.93. The first kappa shape index (κ1) is 13.8. The number of aliphatic hydroxyl groups excluding tert-OH is 1. The van der Waals surface area contributed by atoms with Crippen LogP contribution >= 0.6 is 0 Å². The third-order valence-corrected chi connectivity index (χ3v) is 3.76. The molecule has 0 saturated carbocycles. The molecule has 21 heavy (non-hydrogen) atoms. The molecule has 1 amide bonds. The van der Waals surface area contributed by atoms with Crippen LogP contribution in [0.2, 0.25) is 0 Å². The molecule has 1 saturated heterocycles. The molecule has 0 unspecified atom stereocenters. The zero-order chi connectivity index (χ0) is 14.8. The number of carbonyl (C=O) groups excluding carboxylic acids is 1. The second-order valence-electron chi connectivity index (χ2n) is 5.07. The molecule has 1 aromatic heterocycles. The number of nitrogens with zero attached hydrogens (tertiary/aromatic N) is 3. The molecule has 0 aliphatic carbocycles. The van der Waals surface area contributed by atoms with Gasteiger partial charge < -0.3 is 10.0 Å². The summed E-state index contributed by atoms with van der Waals surface area (Å²) >= 11 is 0. The molecule has 6 heteroatoms. The number of aliphatic hydroxyl groups is 1. The molecular weight excluding hydrogens is 273 g/mol. The summed E-state index contributed by atoms with van der Waals surface area (Å²) in [6.07, 6.45) is 3.25. The molecule has 1 aliphatic heterocycles. The summed E-state index contributed by atoms with van der Waals surface area (Å²) in [6, 6.07) is 7.69. The standard InChI is InChI=1S/C15H16FN3O2/c16-12-5-1-2-6-14(12)19-9-7-13(17-19)15(21)18-8-3-4-11(18)10-20/h1-2,5-7,9,11,20H,3-4,8,10H2/t11-/m0/s1. The number of carbonyl (C=O) groups is 1. The molecule has 1 N–H and O–H groups in total. The Morgan fingerprint density at radius 2 is 2.19 bits per heavy atom. The highest BCUT2D eigenvalue weighted by atomic mass is 19.1. The molecule has 1 atom stereocenters. The summed E-state index contributed by atoms with van der Waals surface area (Å²) in [4.78, 5) is 14.0. The van der Waals surface area contributed by atoms with Gasteiger partial charge >= 0.3 is 0 Å². The maximum Gasteiger partial charge on any atom is 0.274 e. The maximum atomic E-state index is 13.7. The Bertz CT molecular complexity index is 656. The lowest BCUT2D eigenvalue weighted by atomic mass is 10.2. The third kappa shape index (κ3) is 2.54. The molecular formula is C15H16FN3O2. The van der Waals surface area contributed by atoms with Crippen LogP contribution < -0.4 is 0 Å².